The van der Waals surface area contributed by atoms with Crippen LogP contribution in [-0.2, 0) is 23.8 Å². The van der Waals surface area contributed by atoms with Crippen molar-refractivity contribution in [3.63, 3.8) is 0 Å². The van der Waals surface area contributed by atoms with E-state index in [0.717, 1.165) is 12.8 Å². The van der Waals surface area contributed by atoms with Gasteiger partial charge in [-0.15, -0.1) is 0 Å². The second-order valence-corrected chi connectivity index (χ2v) is 7.57. The number of carbonyl (C=O) groups is 2. The molecule has 0 aromatic carbocycles. The second kappa shape index (κ2) is 10.1. The minimum absolute atomic E-state index is 0.0379. The molecule has 0 fully saturated rings. The molecule has 148 valence electrons. The largest absolute Gasteiger partial charge is 0.465 e. The first kappa shape index (κ1) is 23.9. The molecule has 0 radical (unpaired) electrons. The molecule has 25 heavy (non-hydrogen) atoms. The molecule has 1 unspecified atom stereocenters. The lowest BCUT2D eigenvalue weighted by molar-refractivity contribution is -0.176. The molecule has 0 saturated heterocycles. The molecule has 0 aliphatic heterocycles. The summed E-state index contributed by atoms with van der Waals surface area (Å²) in [4.78, 5) is 24.9. The zero-order valence-corrected chi connectivity index (χ0v) is 17.5. The Kier molecular flexibility index (Phi) is 9.70. The van der Waals surface area contributed by atoms with E-state index in [9.17, 15) is 9.59 Å². The van der Waals surface area contributed by atoms with Crippen molar-refractivity contribution in [3.8, 4) is 0 Å². The first-order valence-electron chi connectivity index (χ1n) is 9.54. The van der Waals surface area contributed by atoms with Gasteiger partial charge in [0.05, 0.1) is 24.2 Å². The van der Waals surface area contributed by atoms with Crippen LogP contribution in [0.1, 0.15) is 81.1 Å². The van der Waals surface area contributed by atoms with E-state index >= 15 is 0 Å². The third-order valence-corrected chi connectivity index (χ3v) is 5.58. The summed E-state index contributed by atoms with van der Waals surface area (Å²) < 4.78 is 16.8. The Bertz CT molecular complexity index is 424. The molecular formula is C20H38O5. The minimum atomic E-state index is -1.01. The predicted octanol–water partition coefficient (Wildman–Crippen LogP) is 4.52. The van der Waals surface area contributed by atoms with Gasteiger partial charge in [0, 0.05) is 0 Å². The molecule has 0 aliphatic carbocycles. The monoisotopic (exact) mass is 358 g/mol. The summed E-state index contributed by atoms with van der Waals surface area (Å²) >= 11 is 0. The Labute approximate surface area is 153 Å². The van der Waals surface area contributed by atoms with E-state index in [2.05, 4.69) is 13.8 Å². The van der Waals surface area contributed by atoms with E-state index < -0.39 is 16.8 Å². The summed E-state index contributed by atoms with van der Waals surface area (Å²) in [5, 5.41) is 0. The molecule has 0 bridgehead atoms. The highest BCUT2D eigenvalue weighted by Gasteiger charge is 2.41. The van der Waals surface area contributed by atoms with Gasteiger partial charge >= 0.3 is 11.9 Å². The van der Waals surface area contributed by atoms with Crippen LogP contribution in [0.25, 0.3) is 0 Å². The average Bonchev–Trinajstić information content (AvgIpc) is 2.63. The molecule has 0 heterocycles. The van der Waals surface area contributed by atoms with Crippen molar-refractivity contribution < 1.29 is 23.8 Å². The van der Waals surface area contributed by atoms with Crippen LogP contribution in [0.4, 0.5) is 0 Å². The molecular weight excluding hydrogens is 320 g/mol. The smallest absolute Gasteiger partial charge is 0.317 e. The molecule has 0 rings (SSSR count). The molecule has 0 N–H and O–H groups in total. The van der Waals surface area contributed by atoms with E-state index in [1.807, 2.05) is 27.7 Å². The molecule has 1 atom stereocenters. The Morgan fingerprint density at radius 3 is 1.56 bits per heavy atom. The minimum Gasteiger partial charge on any atom is -0.465 e. The lowest BCUT2D eigenvalue weighted by Gasteiger charge is -2.34. The maximum absolute atomic E-state index is 12.5. The maximum Gasteiger partial charge on any atom is 0.317 e. The lowest BCUT2D eigenvalue weighted by Crippen LogP contribution is -2.44. The summed E-state index contributed by atoms with van der Waals surface area (Å²) in [6, 6.07) is 0. The maximum atomic E-state index is 12.5. The first-order valence-corrected chi connectivity index (χ1v) is 9.54. The summed E-state index contributed by atoms with van der Waals surface area (Å²) in [6.07, 6.45) is 3.06. The fourth-order valence-corrected chi connectivity index (χ4v) is 2.19. The second-order valence-electron chi connectivity index (χ2n) is 7.57. The van der Waals surface area contributed by atoms with Crippen LogP contribution in [0.3, 0.4) is 0 Å². The van der Waals surface area contributed by atoms with Crippen LogP contribution in [0, 0.1) is 10.8 Å². The van der Waals surface area contributed by atoms with Crippen LogP contribution >= 0.6 is 0 Å². The lowest BCUT2D eigenvalue weighted by atomic mass is 9.84. The van der Waals surface area contributed by atoms with Gasteiger partial charge < -0.3 is 14.2 Å². The predicted molar refractivity (Wildman–Crippen MR) is 99.3 cm³/mol. The van der Waals surface area contributed by atoms with Crippen LogP contribution in [-0.4, -0.2) is 37.4 Å². The van der Waals surface area contributed by atoms with Crippen molar-refractivity contribution in [3.05, 3.63) is 0 Å². The van der Waals surface area contributed by atoms with E-state index in [1.54, 1.807) is 13.8 Å². The molecule has 0 aromatic heterocycles. The fourth-order valence-electron chi connectivity index (χ4n) is 2.19. The van der Waals surface area contributed by atoms with E-state index in [0.29, 0.717) is 12.8 Å². The van der Waals surface area contributed by atoms with Gasteiger partial charge in [0.15, 0.2) is 0 Å². The standard InChI is InChI=1S/C20H38O5/c1-9-18(6,10-2)16(21)24-14-19(7,17(22)23-13-5)15-25-20(8,11-3)12-4/h9-15H2,1-8H3. The van der Waals surface area contributed by atoms with Gasteiger partial charge in [-0.05, 0) is 53.4 Å². The topological polar surface area (TPSA) is 61.8 Å². The van der Waals surface area contributed by atoms with Crippen molar-refractivity contribution in [2.45, 2.75) is 86.7 Å². The van der Waals surface area contributed by atoms with Gasteiger partial charge in [-0.3, -0.25) is 9.59 Å². The van der Waals surface area contributed by atoms with Crippen molar-refractivity contribution in [2.24, 2.45) is 10.8 Å². The third-order valence-electron chi connectivity index (χ3n) is 5.58. The zero-order chi connectivity index (χ0) is 19.7. The SMILES string of the molecule is CCOC(=O)C(C)(COC(=O)C(C)(CC)CC)COC(C)(CC)CC. The van der Waals surface area contributed by atoms with Crippen molar-refractivity contribution >= 4 is 11.9 Å². The number of carbonyl (C=O) groups excluding carboxylic acids is 2. The Morgan fingerprint density at radius 2 is 1.16 bits per heavy atom. The quantitative estimate of drug-likeness (QED) is 0.480. The average molecular weight is 359 g/mol. The van der Waals surface area contributed by atoms with Crippen LogP contribution < -0.4 is 0 Å². The molecule has 0 saturated carbocycles. The molecule has 0 amide bonds. The summed E-state index contributed by atoms with van der Waals surface area (Å²) in [5.74, 6) is -0.672. The Hall–Kier alpha value is -1.10. The summed E-state index contributed by atoms with van der Waals surface area (Å²) in [5.41, 5.74) is -1.85. The van der Waals surface area contributed by atoms with Gasteiger partial charge in [0.1, 0.15) is 12.0 Å². The van der Waals surface area contributed by atoms with Gasteiger partial charge in [-0.1, -0.05) is 27.7 Å². The fraction of sp³-hybridized carbons (Fsp3) is 0.900. The van der Waals surface area contributed by atoms with E-state index in [1.165, 1.54) is 0 Å². The van der Waals surface area contributed by atoms with Crippen molar-refractivity contribution in [2.75, 3.05) is 19.8 Å². The normalized spacial score (nSPS) is 14.7. The number of hydrogen-bond acceptors (Lipinski definition) is 5. The van der Waals surface area contributed by atoms with Crippen LogP contribution in [0.15, 0.2) is 0 Å². The summed E-state index contributed by atoms with van der Waals surface area (Å²) in [6.45, 7) is 15.8. The van der Waals surface area contributed by atoms with Gasteiger partial charge in [0.2, 0.25) is 0 Å². The van der Waals surface area contributed by atoms with Gasteiger partial charge in [-0.2, -0.15) is 0 Å². The van der Waals surface area contributed by atoms with Gasteiger partial charge in [-0.25, -0.2) is 0 Å². The van der Waals surface area contributed by atoms with Crippen molar-refractivity contribution in [1.29, 1.82) is 0 Å². The molecule has 5 heteroatoms. The number of esters is 2. The molecule has 5 nitrogen and oxygen atoms in total. The highest BCUT2D eigenvalue weighted by molar-refractivity contribution is 5.79. The number of rotatable bonds is 12. The van der Waals surface area contributed by atoms with Crippen LogP contribution in [0.2, 0.25) is 0 Å². The highest BCUT2D eigenvalue weighted by Crippen LogP contribution is 2.30. The van der Waals surface area contributed by atoms with Crippen LogP contribution in [0.5, 0.6) is 0 Å². The Morgan fingerprint density at radius 1 is 0.680 bits per heavy atom. The first-order chi connectivity index (χ1) is 11.6. The third kappa shape index (κ3) is 6.61. The number of hydrogen-bond donors (Lipinski definition) is 0. The van der Waals surface area contributed by atoms with Crippen molar-refractivity contribution in [1.82, 2.24) is 0 Å². The molecule has 0 spiro atoms. The highest BCUT2D eigenvalue weighted by atomic mass is 16.6. The van der Waals surface area contributed by atoms with E-state index in [4.69, 9.17) is 14.2 Å². The molecule has 0 aliphatic rings. The zero-order valence-electron chi connectivity index (χ0n) is 17.5. The Balaban J connectivity index is 5.17. The van der Waals surface area contributed by atoms with Gasteiger partial charge in [0.25, 0.3) is 0 Å². The van der Waals surface area contributed by atoms with E-state index in [-0.39, 0.29) is 31.4 Å². The number of ether oxygens (including phenoxy) is 3. The molecule has 0 aromatic rings. The summed E-state index contributed by atoms with van der Waals surface area (Å²) in [7, 11) is 0.